The number of aromatic nitrogens is 1. The van der Waals surface area contributed by atoms with Gasteiger partial charge in [-0.15, -0.1) is 0 Å². The van der Waals surface area contributed by atoms with Gasteiger partial charge in [0.1, 0.15) is 0 Å². The van der Waals surface area contributed by atoms with Crippen LogP contribution in [-0.2, 0) is 17.9 Å². The second-order valence-corrected chi connectivity index (χ2v) is 5.58. The van der Waals surface area contributed by atoms with Crippen LogP contribution in [0.2, 0.25) is 10.0 Å². The van der Waals surface area contributed by atoms with Crippen LogP contribution in [0.1, 0.15) is 17.5 Å². The highest BCUT2D eigenvalue weighted by molar-refractivity contribution is 6.35. The van der Waals surface area contributed by atoms with Crippen LogP contribution >= 0.6 is 23.2 Å². The minimum atomic E-state index is -0.0124. The Morgan fingerprint density at radius 3 is 2.55 bits per heavy atom. The molecule has 1 heterocycles. The van der Waals surface area contributed by atoms with Crippen molar-refractivity contribution in [3.05, 3.63) is 63.9 Å². The van der Waals surface area contributed by atoms with Crippen LogP contribution in [0.4, 0.5) is 0 Å². The van der Waals surface area contributed by atoms with E-state index in [1.165, 1.54) is 0 Å². The van der Waals surface area contributed by atoms with Gasteiger partial charge in [-0.2, -0.15) is 0 Å². The lowest BCUT2D eigenvalue weighted by Crippen LogP contribution is -2.27. The average Bonchev–Trinajstić information content (AvgIpc) is 2.53. The molecule has 0 saturated carbocycles. The third-order valence-electron chi connectivity index (χ3n) is 3.10. The number of rotatable bonds is 7. The smallest absolute Gasteiger partial charge is 0.221 e. The molecule has 1 amide bonds. The SMILES string of the molecule is O=C(CCNCc1c(Cl)cccc1Cl)NCc1cccnc1. The third kappa shape index (κ3) is 5.30. The summed E-state index contributed by atoms with van der Waals surface area (Å²) in [5, 5.41) is 7.27. The average molecular weight is 338 g/mol. The summed E-state index contributed by atoms with van der Waals surface area (Å²) in [7, 11) is 0. The van der Waals surface area contributed by atoms with E-state index in [1.807, 2.05) is 12.1 Å². The van der Waals surface area contributed by atoms with Crippen LogP contribution in [-0.4, -0.2) is 17.4 Å². The predicted octanol–water partition coefficient (Wildman–Crippen LogP) is 3.18. The Morgan fingerprint density at radius 2 is 1.86 bits per heavy atom. The van der Waals surface area contributed by atoms with Gasteiger partial charge in [-0.25, -0.2) is 0 Å². The molecule has 2 N–H and O–H groups in total. The van der Waals surface area contributed by atoms with Crippen molar-refractivity contribution in [1.29, 1.82) is 0 Å². The molecule has 0 saturated heterocycles. The molecule has 0 bridgehead atoms. The van der Waals surface area contributed by atoms with Gasteiger partial charge in [0.25, 0.3) is 0 Å². The molecule has 0 radical (unpaired) electrons. The maximum absolute atomic E-state index is 11.7. The molecule has 0 aliphatic carbocycles. The number of carbonyl (C=O) groups excluding carboxylic acids is 1. The Labute approximate surface area is 139 Å². The number of hydrogen-bond donors (Lipinski definition) is 2. The summed E-state index contributed by atoms with van der Waals surface area (Å²) in [5.74, 6) is -0.0124. The molecular weight excluding hydrogens is 321 g/mol. The molecule has 4 nitrogen and oxygen atoms in total. The maximum atomic E-state index is 11.7. The van der Waals surface area contributed by atoms with Gasteiger partial charge in [0.05, 0.1) is 0 Å². The second kappa shape index (κ2) is 8.73. The zero-order valence-electron chi connectivity index (χ0n) is 12.0. The summed E-state index contributed by atoms with van der Waals surface area (Å²) in [6, 6.07) is 9.16. The van der Waals surface area contributed by atoms with Gasteiger partial charge in [0.15, 0.2) is 0 Å². The first-order chi connectivity index (χ1) is 10.7. The van der Waals surface area contributed by atoms with Crippen molar-refractivity contribution in [3.63, 3.8) is 0 Å². The molecule has 0 aliphatic heterocycles. The second-order valence-electron chi connectivity index (χ2n) is 4.76. The lowest BCUT2D eigenvalue weighted by atomic mass is 10.2. The van der Waals surface area contributed by atoms with Gasteiger partial charge in [0, 0.05) is 54.1 Å². The number of halogens is 2. The Kier molecular flexibility index (Phi) is 6.65. The quantitative estimate of drug-likeness (QED) is 0.763. The highest BCUT2D eigenvalue weighted by Gasteiger charge is 2.05. The maximum Gasteiger partial charge on any atom is 0.221 e. The normalized spacial score (nSPS) is 10.5. The molecule has 2 aromatic rings. The van der Waals surface area contributed by atoms with Crippen LogP contribution in [0.15, 0.2) is 42.7 Å². The van der Waals surface area contributed by atoms with E-state index >= 15 is 0 Å². The topological polar surface area (TPSA) is 54.0 Å². The van der Waals surface area contributed by atoms with Crippen molar-refractivity contribution < 1.29 is 4.79 Å². The van der Waals surface area contributed by atoms with E-state index in [4.69, 9.17) is 23.2 Å². The fraction of sp³-hybridized carbons (Fsp3) is 0.250. The van der Waals surface area contributed by atoms with Crippen molar-refractivity contribution in [1.82, 2.24) is 15.6 Å². The molecule has 116 valence electrons. The molecule has 0 unspecified atom stereocenters. The molecule has 22 heavy (non-hydrogen) atoms. The minimum Gasteiger partial charge on any atom is -0.352 e. The molecule has 2 rings (SSSR count). The Morgan fingerprint density at radius 1 is 1.09 bits per heavy atom. The molecule has 0 fully saturated rings. The van der Waals surface area contributed by atoms with Crippen LogP contribution in [0.3, 0.4) is 0 Å². The van der Waals surface area contributed by atoms with E-state index in [0.717, 1.165) is 11.1 Å². The standard InChI is InChI=1S/C16H17Cl2N3O/c17-14-4-1-5-15(18)13(14)11-20-8-6-16(22)21-10-12-3-2-7-19-9-12/h1-5,7,9,20H,6,8,10-11H2,(H,21,22). The largest absolute Gasteiger partial charge is 0.352 e. The van der Waals surface area contributed by atoms with Crippen LogP contribution in [0.25, 0.3) is 0 Å². The van der Waals surface area contributed by atoms with Gasteiger partial charge in [-0.05, 0) is 23.8 Å². The first-order valence-electron chi connectivity index (χ1n) is 6.96. The Bertz CT molecular complexity index is 600. The number of nitrogens with zero attached hydrogens (tertiary/aromatic N) is 1. The fourth-order valence-corrected chi connectivity index (χ4v) is 2.44. The molecular formula is C16H17Cl2N3O. The number of benzene rings is 1. The van der Waals surface area contributed by atoms with Gasteiger partial charge in [0.2, 0.25) is 5.91 Å². The van der Waals surface area contributed by atoms with Gasteiger partial charge < -0.3 is 10.6 Å². The summed E-state index contributed by atoms with van der Waals surface area (Å²) in [6.07, 6.45) is 3.83. The van der Waals surface area contributed by atoms with Crippen LogP contribution in [0, 0.1) is 0 Å². The van der Waals surface area contributed by atoms with E-state index in [2.05, 4.69) is 15.6 Å². The van der Waals surface area contributed by atoms with Gasteiger partial charge in [-0.1, -0.05) is 35.3 Å². The number of amides is 1. The van der Waals surface area contributed by atoms with E-state index < -0.39 is 0 Å². The molecule has 0 spiro atoms. The molecule has 0 aliphatic rings. The number of carbonyl (C=O) groups is 1. The van der Waals surface area contributed by atoms with E-state index in [9.17, 15) is 4.79 Å². The third-order valence-corrected chi connectivity index (χ3v) is 3.81. The molecule has 6 heteroatoms. The Balaban J connectivity index is 1.67. The first-order valence-corrected chi connectivity index (χ1v) is 7.71. The van der Waals surface area contributed by atoms with Crippen molar-refractivity contribution >= 4 is 29.1 Å². The van der Waals surface area contributed by atoms with E-state index in [-0.39, 0.29) is 5.91 Å². The van der Waals surface area contributed by atoms with Crippen molar-refractivity contribution in [2.75, 3.05) is 6.54 Å². The zero-order valence-corrected chi connectivity index (χ0v) is 13.5. The summed E-state index contributed by atoms with van der Waals surface area (Å²) in [6.45, 7) is 1.58. The van der Waals surface area contributed by atoms with Crippen molar-refractivity contribution in [2.45, 2.75) is 19.5 Å². The first kappa shape index (κ1) is 16.7. The van der Waals surface area contributed by atoms with Gasteiger partial charge in [-0.3, -0.25) is 9.78 Å². The molecule has 0 atom stereocenters. The highest BCUT2D eigenvalue weighted by Crippen LogP contribution is 2.23. The lowest BCUT2D eigenvalue weighted by molar-refractivity contribution is -0.121. The fourth-order valence-electron chi connectivity index (χ4n) is 1.91. The van der Waals surface area contributed by atoms with Crippen molar-refractivity contribution in [3.8, 4) is 0 Å². The number of hydrogen-bond acceptors (Lipinski definition) is 3. The molecule has 1 aromatic carbocycles. The van der Waals surface area contributed by atoms with Crippen LogP contribution < -0.4 is 10.6 Å². The number of pyridine rings is 1. The van der Waals surface area contributed by atoms with E-state index in [0.29, 0.717) is 36.1 Å². The summed E-state index contributed by atoms with van der Waals surface area (Å²) < 4.78 is 0. The monoisotopic (exact) mass is 337 g/mol. The minimum absolute atomic E-state index is 0.0124. The lowest BCUT2D eigenvalue weighted by Gasteiger charge is -2.09. The summed E-state index contributed by atoms with van der Waals surface area (Å²) >= 11 is 12.2. The van der Waals surface area contributed by atoms with Gasteiger partial charge >= 0.3 is 0 Å². The highest BCUT2D eigenvalue weighted by atomic mass is 35.5. The predicted molar refractivity (Wildman–Crippen MR) is 88.9 cm³/mol. The van der Waals surface area contributed by atoms with Crippen LogP contribution in [0.5, 0.6) is 0 Å². The zero-order chi connectivity index (χ0) is 15.8. The Hall–Kier alpha value is -1.62. The number of nitrogens with one attached hydrogen (secondary N) is 2. The van der Waals surface area contributed by atoms with Crippen molar-refractivity contribution in [2.24, 2.45) is 0 Å². The van der Waals surface area contributed by atoms with E-state index in [1.54, 1.807) is 30.6 Å². The summed E-state index contributed by atoms with van der Waals surface area (Å²) in [5.41, 5.74) is 1.83. The molecule has 1 aromatic heterocycles. The summed E-state index contributed by atoms with van der Waals surface area (Å²) in [4.78, 5) is 15.7.